The first kappa shape index (κ1) is 16.0. The highest BCUT2D eigenvalue weighted by atomic mass is 79.9. The highest BCUT2D eigenvalue weighted by Crippen LogP contribution is 2.61. The fourth-order valence-electron chi connectivity index (χ4n) is 4.66. The van der Waals surface area contributed by atoms with Crippen LogP contribution >= 0.6 is 15.9 Å². The third kappa shape index (κ3) is 1.87. The van der Waals surface area contributed by atoms with Gasteiger partial charge in [-0.25, -0.2) is 13.6 Å². The molecule has 1 aliphatic heterocycles. The Morgan fingerprint density at radius 1 is 1.17 bits per heavy atom. The van der Waals surface area contributed by atoms with Crippen LogP contribution in [0.2, 0.25) is 0 Å². The summed E-state index contributed by atoms with van der Waals surface area (Å²) >= 11 is 3.42. The molecule has 0 radical (unpaired) electrons. The van der Waals surface area contributed by atoms with Gasteiger partial charge in [-0.2, -0.15) is 0 Å². The van der Waals surface area contributed by atoms with Crippen LogP contribution in [0.1, 0.15) is 36.8 Å². The topological polar surface area (TPSA) is 49.4 Å². The zero-order valence-electron chi connectivity index (χ0n) is 13.2. The highest BCUT2D eigenvalue weighted by molar-refractivity contribution is 9.10. The van der Waals surface area contributed by atoms with Gasteiger partial charge < -0.3 is 5.32 Å². The maximum atomic E-state index is 13.8. The van der Waals surface area contributed by atoms with Crippen LogP contribution in [-0.4, -0.2) is 29.8 Å². The molecule has 1 aromatic carbocycles. The fourth-order valence-corrected chi connectivity index (χ4v) is 5.03. The third-order valence-electron chi connectivity index (χ3n) is 5.96. The molecular weight excluding hydrogens is 382 g/mol. The van der Waals surface area contributed by atoms with E-state index in [1.807, 2.05) is 18.2 Å². The van der Waals surface area contributed by atoms with Crippen molar-refractivity contribution in [3.8, 4) is 0 Å². The van der Waals surface area contributed by atoms with E-state index in [2.05, 4.69) is 21.2 Å². The van der Waals surface area contributed by atoms with E-state index in [-0.39, 0.29) is 31.6 Å². The number of halogens is 3. The van der Waals surface area contributed by atoms with E-state index >= 15 is 0 Å². The molecule has 0 aromatic heterocycles. The summed E-state index contributed by atoms with van der Waals surface area (Å²) < 4.78 is 28.3. The van der Waals surface area contributed by atoms with Gasteiger partial charge in [0.05, 0.1) is 0 Å². The summed E-state index contributed by atoms with van der Waals surface area (Å²) in [4.78, 5) is 26.4. The van der Waals surface area contributed by atoms with Crippen LogP contribution in [0, 0.1) is 5.41 Å². The van der Waals surface area contributed by atoms with Crippen molar-refractivity contribution in [2.75, 3.05) is 7.05 Å². The lowest BCUT2D eigenvalue weighted by molar-refractivity contribution is -0.141. The number of likely N-dealkylation sites (N-methyl/N-ethyl adjacent to an activating group) is 1. The first-order valence-corrected chi connectivity index (χ1v) is 8.77. The second kappa shape index (κ2) is 4.77. The molecule has 2 aliphatic carbocycles. The van der Waals surface area contributed by atoms with Crippen molar-refractivity contribution in [1.29, 1.82) is 0 Å². The number of carbonyl (C=O) groups is 2. The monoisotopic (exact) mass is 398 g/mol. The number of alkyl halides is 2. The Morgan fingerprint density at radius 3 is 2.42 bits per heavy atom. The number of urea groups is 1. The summed E-state index contributed by atoms with van der Waals surface area (Å²) in [5.74, 6) is -3.03. The first-order chi connectivity index (χ1) is 11.2. The van der Waals surface area contributed by atoms with Gasteiger partial charge in [0.2, 0.25) is 5.92 Å². The van der Waals surface area contributed by atoms with Crippen LogP contribution in [0.4, 0.5) is 13.6 Å². The molecular formula is C17H17BrF2N2O2. The number of imide groups is 1. The molecule has 24 heavy (non-hydrogen) atoms. The molecule has 7 heteroatoms. The minimum absolute atomic E-state index is 0.214. The molecule has 1 saturated carbocycles. The van der Waals surface area contributed by atoms with Crippen molar-refractivity contribution in [2.45, 2.75) is 43.6 Å². The van der Waals surface area contributed by atoms with E-state index in [1.165, 1.54) is 7.05 Å². The van der Waals surface area contributed by atoms with Crippen LogP contribution in [0.25, 0.3) is 0 Å². The van der Waals surface area contributed by atoms with Crippen molar-refractivity contribution in [1.82, 2.24) is 10.2 Å². The van der Waals surface area contributed by atoms with E-state index in [0.717, 1.165) is 20.5 Å². The maximum Gasteiger partial charge on any atom is 0.325 e. The van der Waals surface area contributed by atoms with Gasteiger partial charge in [0.1, 0.15) is 0 Å². The first-order valence-electron chi connectivity index (χ1n) is 7.98. The Bertz CT molecular complexity index is 757. The van der Waals surface area contributed by atoms with Gasteiger partial charge in [-0.1, -0.05) is 22.0 Å². The molecule has 128 valence electrons. The molecule has 2 fully saturated rings. The average Bonchev–Trinajstić information content (AvgIpc) is 2.92. The standard InChI is InChI=1S/C17H17BrF2N2O2/c1-22-13(23)17(21-14(22)24)12-8-11(18)3-2-10(12)9-15(17)4-6-16(19,20)7-5-15/h2-3,8H,4-7,9H2,1H3,(H,21,24). The number of amides is 3. The summed E-state index contributed by atoms with van der Waals surface area (Å²) in [5.41, 5.74) is -0.221. The Balaban J connectivity index is 1.90. The Kier molecular flexibility index (Phi) is 3.18. The SMILES string of the molecule is CN1C(=O)NC2(C1=O)c1cc(Br)ccc1CC21CCC(F)(F)CC1. The maximum absolute atomic E-state index is 13.8. The molecule has 1 saturated heterocycles. The van der Waals surface area contributed by atoms with Gasteiger partial charge in [0, 0.05) is 29.8 Å². The van der Waals surface area contributed by atoms with Gasteiger partial charge in [-0.05, 0) is 42.5 Å². The Hall–Kier alpha value is -1.50. The molecule has 1 heterocycles. The fraction of sp³-hybridized carbons (Fsp3) is 0.529. The number of rotatable bonds is 0. The molecule has 4 nitrogen and oxygen atoms in total. The second-order valence-electron chi connectivity index (χ2n) is 7.16. The van der Waals surface area contributed by atoms with Crippen LogP contribution < -0.4 is 5.32 Å². The summed E-state index contributed by atoms with van der Waals surface area (Å²) in [6.07, 6.45) is 0.456. The van der Waals surface area contributed by atoms with E-state index in [4.69, 9.17) is 0 Å². The number of fused-ring (bicyclic) bond motifs is 3. The van der Waals surface area contributed by atoms with Crippen molar-refractivity contribution in [3.63, 3.8) is 0 Å². The number of hydrogen-bond donors (Lipinski definition) is 1. The lowest BCUT2D eigenvalue weighted by atomic mass is 9.61. The van der Waals surface area contributed by atoms with E-state index in [0.29, 0.717) is 6.42 Å². The number of nitrogens with one attached hydrogen (secondary N) is 1. The van der Waals surface area contributed by atoms with Gasteiger partial charge in [-0.3, -0.25) is 9.69 Å². The molecule has 1 aromatic rings. The normalized spacial score (nSPS) is 30.1. The third-order valence-corrected chi connectivity index (χ3v) is 6.46. The van der Waals surface area contributed by atoms with Crippen LogP contribution in [0.5, 0.6) is 0 Å². The molecule has 3 aliphatic rings. The molecule has 2 spiro atoms. The van der Waals surface area contributed by atoms with Gasteiger partial charge in [0.25, 0.3) is 5.91 Å². The summed E-state index contributed by atoms with van der Waals surface area (Å²) in [6, 6.07) is 5.17. The lowest BCUT2D eigenvalue weighted by Gasteiger charge is -2.46. The minimum Gasteiger partial charge on any atom is -0.319 e. The van der Waals surface area contributed by atoms with Gasteiger partial charge >= 0.3 is 6.03 Å². The highest BCUT2D eigenvalue weighted by Gasteiger charge is 2.68. The number of nitrogens with zero attached hydrogens (tertiary/aromatic N) is 1. The Labute approximate surface area is 146 Å². The predicted molar refractivity (Wildman–Crippen MR) is 86.7 cm³/mol. The number of hydrogen-bond acceptors (Lipinski definition) is 2. The van der Waals surface area contributed by atoms with Gasteiger partial charge in [0.15, 0.2) is 5.54 Å². The zero-order valence-corrected chi connectivity index (χ0v) is 14.8. The zero-order chi connectivity index (χ0) is 17.3. The predicted octanol–water partition coefficient (Wildman–Crippen LogP) is 3.58. The molecule has 1 atom stereocenters. The molecule has 1 N–H and O–H groups in total. The van der Waals surface area contributed by atoms with E-state index in [9.17, 15) is 18.4 Å². The van der Waals surface area contributed by atoms with Crippen LogP contribution in [-0.2, 0) is 16.8 Å². The number of benzene rings is 1. The van der Waals surface area contributed by atoms with E-state index < -0.39 is 22.9 Å². The molecule has 0 bridgehead atoms. The minimum atomic E-state index is -2.70. The smallest absolute Gasteiger partial charge is 0.319 e. The van der Waals surface area contributed by atoms with Crippen molar-refractivity contribution >= 4 is 27.9 Å². The molecule has 4 rings (SSSR count). The average molecular weight is 399 g/mol. The second-order valence-corrected chi connectivity index (χ2v) is 8.07. The summed E-state index contributed by atoms with van der Waals surface area (Å²) in [6.45, 7) is 0. The van der Waals surface area contributed by atoms with Crippen LogP contribution in [0.15, 0.2) is 22.7 Å². The van der Waals surface area contributed by atoms with Crippen molar-refractivity contribution in [2.24, 2.45) is 5.41 Å². The quantitative estimate of drug-likeness (QED) is 0.679. The number of carbonyl (C=O) groups excluding carboxylic acids is 2. The summed E-state index contributed by atoms with van der Waals surface area (Å²) in [7, 11) is 1.44. The summed E-state index contributed by atoms with van der Waals surface area (Å²) in [5, 5.41) is 2.87. The Morgan fingerprint density at radius 2 is 1.83 bits per heavy atom. The molecule has 3 amide bonds. The largest absolute Gasteiger partial charge is 0.325 e. The van der Waals surface area contributed by atoms with Crippen LogP contribution in [0.3, 0.4) is 0 Å². The van der Waals surface area contributed by atoms with E-state index in [1.54, 1.807) is 0 Å². The van der Waals surface area contributed by atoms with Crippen molar-refractivity contribution < 1.29 is 18.4 Å². The van der Waals surface area contributed by atoms with Gasteiger partial charge in [-0.15, -0.1) is 0 Å². The lowest BCUT2D eigenvalue weighted by Crippen LogP contribution is -2.57. The molecule has 1 unspecified atom stereocenters. The van der Waals surface area contributed by atoms with Crippen molar-refractivity contribution in [3.05, 3.63) is 33.8 Å².